The largest absolute Gasteiger partial charge is 0.434 e. The van der Waals surface area contributed by atoms with Gasteiger partial charge in [-0.25, -0.2) is 9.97 Å². The molecule has 1 amide bonds. The van der Waals surface area contributed by atoms with Gasteiger partial charge in [0.2, 0.25) is 5.95 Å². The second kappa shape index (κ2) is 7.78. The molecule has 1 fully saturated rings. The number of rotatable bonds is 5. The molecule has 1 aromatic rings. The number of piperazine rings is 1. The summed E-state index contributed by atoms with van der Waals surface area (Å²) in [4.78, 5) is 21.3. The maximum atomic E-state index is 13.3. The highest BCUT2D eigenvalue weighted by molar-refractivity contribution is 5.95. The van der Waals surface area contributed by atoms with Gasteiger partial charge in [0.25, 0.3) is 5.91 Å². The number of carbonyl (C=O) groups is 1. The van der Waals surface area contributed by atoms with Crippen LogP contribution < -0.4 is 15.5 Å². The molecule has 0 aromatic carbocycles. The number of nitrogens with zero attached hydrogens (tertiary/aromatic N) is 3. The molecule has 0 saturated carbocycles. The Bertz CT molecular complexity index is 571. The van der Waals surface area contributed by atoms with E-state index in [0.717, 1.165) is 6.20 Å². The van der Waals surface area contributed by atoms with Crippen molar-refractivity contribution in [2.45, 2.75) is 26.4 Å². The molecule has 0 unspecified atom stereocenters. The first-order valence-corrected chi connectivity index (χ1v) is 7.97. The van der Waals surface area contributed by atoms with Crippen LogP contribution in [-0.4, -0.2) is 48.6 Å². The van der Waals surface area contributed by atoms with Crippen molar-refractivity contribution in [3.8, 4) is 0 Å². The highest BCUT2D eigenvalue weighted by atomic mass is 19.4. The standard InChI is InChI=1S/C15H22F3N5O/c1-10(2)3-4-20-13(24)11-9-21-14(22-12(11)15(16,17)18)23-7-5-19-6-8-23/h9-10,19H,3-8H2,1-2H3,(H,20,24). The normalized spacial score (nSPS) is 15.7. The Labute approximate surface area is 138 Å². The summed E-state index contributed by atoms with van der Waals surface area (Å²) < 4.78 is 39.9. The minimum atomic E-state index is -4.71. The molecule has 1 aliphatic rings. The van der Waals surface area contributed by atoms with E-state index in [4.69, 9.17) is 0 Å². The third-order valence-electron chi connectivity index (χ3n) is 3.70. The second-order valence-electron chi connectivity index (χ2n) is 6.11. The van der Waals surface area contributed by atoms with Crippen LogP contribution >= 0.6 is 0 Å². The van der Waals surface area contributed by atoms with Crippen LogP contribution in [0.15, 0.2) is 6.20 Å². The minimum Gasteiger partial charge on any atom is -0.352 e. The number of anilines is 1. The Kier molecular flexibility index (Phi) is 5.98. The first-order valence-electron chi connectivity index (χ1n) is 7.97. The van der Waals surface area contributed by atoms with Gasteiger partial charge in [-0.15, -0.1) is 0 Å². The Hall–Kier alpha value is -1.90. The molecule has 1 aromatic heterocycles. The van der Waals surface area contributed by atoms with Crippen LogP contribution in [0.25, 0.3) is 0 Å². The molecular formula is C15H22F3N5O. The summed E-state index contributed by atoms with van der Waals surface area (Å²) in [6.07, 6.45) is -3.05. The van der Waals surface area contributed by atoms with Gasteiger partial charge < -0.3 is 15.5 Å². The van der Waals surface area contributed by atoms with Crippen LogP contribution in [0.2, 0.25) is 0 Å². The molecule has 24 heavy (non-hydrogen) atoms. The fraction of sp³-hybridized carbons (Fsp3) is 0.667. The molecule has 2 rings (SSSR count). The fourth-order valence-corrected chi connectivity index (χ4v) is 2.34. The van der Waals surface area contributed by atoms with Gasteiger partial charge in [-0.05, 0) is 12.3 Å². The monoisotopic (exact) mass is 345 g/mol. The van der Waals surface area contributed by atoms with Crippen molar-refractivity contribution >= 4 is 11.9 Å². The lowest BCUT2D eigenvalue weighted by molar-refractivity contribution is -0.141. The molecular weight excluding hydrogens is 323 g/mol. The summed E-state index contributed by atoms with van der Waals surface area (Å²) in [5.41, 5.74) is -1.72. The second-order valence-corrected chi connectivity index (χ2v) is 6.11. The van der Waals surface area contributed by atoms with Gasteiger partial charge in [0.1, 0.15) is 0 Å². The summed E-state index contributed by atoms with van der Waals surface area (Å²) in [6, 6.07) is 0. The Morgan fingerprint density at radius 1 is 1.38 bits per heavy atom. The summed E-state index contributed by atoms with van der Waals surface area (Å²) in [5, 5.41) is 5.61. The van der Waals surface area contributed by atoms with Gasteiger partial charge in [0.05, 0.1) is 5.56 Å². The first kappa shape index (κ1) is 18.4. The van der Waals surface area contributed by atoms with Crippen molar-refractivity contribution in [2.75, 3.05) is 37.6 Å². The molecule has 134 valence electrons. The Morgan fingerprint density at radius 3 is 2.62 bits per heavy atom. The van der Waals surface area contributed by atoms with Gasteiger partial charge in [0, 0.05) is 38.9 Å². The van der Waals surface area contributed by atoms with Crippen molar-refractivity contribution < 1.29 is 18.0 Å². The predicted molar refractivity (Wildman–Crippen MR) is 83.9 cm³/mol. The Balaban J connectivity index is 2.22. The zero-order valence-corrected chi connectivity index (χ0v) is 13.8. The van der Waals surface area contributed by atoms with Gasteiger partial charge in [0.15, 0.2) is 5.69 Å². The van der Waals surface area contributed by atoms with Gasteiger partial charge in [-0.2, -0.15) is 13.2 Å². The van der Waals surface area contributed by atoms with E-state index in [1.54, 1.807) is 4.90 Å². The van der Waals surface area contributed by atoms with E-state index in [2.05, 4.69) is 20.6 Å². The van der Waals surface area contributed by atoms with Crippen LogP contribution in [0.4, 0.5) is 19.1 Å². The third kappa shape index (κ3) is 4.80. The topological polar surface area (TPSA) is 70.2 Å². The SMILES string of the molecule is CC(C)CCNC(=O)c1cnc(N2CCNCC2)nc1C(F)(F)F. The summed E-state index contributed by atoms with van der Waals surface area (Å²) in [7, 11) is 0. The maximum Gasteiger partial charge on any atom is 0.434 e. The average molecular weight is 345 g/mol. The first-order chi connectivity index (χ1) is 11.3. The zero-order chi connectivity index (χ0) is 17.7. The molecule has 1 aliphatic heterocycles. The summed E-state index contributed by atoms with van der Waals surface area (Å²) in [6.45, 7) is 6.61. The fourth-order valence-electron chi connectivity index (χ4n) is 2.34. The van der Waals surface area contributed by atoms with E-state index in [-0.39, 0.29) is 5.95 Å². The van der Waals surface area contributed by atoms with E-state index >= 15 is 0 Å². The Morgan fingerprint density at radius 2 is 2.04 bits per heavy atom. The minimum absolute atomic E-state index is 0.00237. The molecule has 0 aliphatic carbocycles. The molecule has 0 atom stereocenters. The van der Waals surface area contributed by atoms with E-state index in [9.17, 15) is 18.0 Å². The number of nitrogens with one attached hydrogen (secondary N) is 2. The van der Waals surface area contributed by atoms with Crippen molar-refractivity contribution in [3.63, 3.8) is 0 Å². The van der Waals surface area contributed by atoms with Crippen molar-refractivity contribution in [2.24, 2.45) is 5.92 Å². The zero-order valence-electron chi connectivity index (χ0n) is 13.8. The van der Waals surface area contributed by atoms with Crippen molar-refractivity contribution in [1.82, 2.24) is 20.6 Å². The van der Waals surface area contributed by atoms with Crippen LogP contribution in [0, 0.1) is 5.92 Å². The maximum absolute atomic E-state index is 13.3. The van der Waals surface area contributed by atoms with Gasteiger partial charge in [-0.1, -0.05) is 13.8 Å². The lowest BCUT2D eigenvalue weighted by Gasteiger charge is -2.28. The number of carbonyl (C=O) groups excluding carboxylic acids is 1. The highest BCUT2D eigenvalue weighted by Crippen LogP contribution is 2.31. The lowest BCUT2D eigenvalue weighted by Crippen LogP contribution is -2.44. The van der Waals surface area contributed by atoms with Crippen LogP contribution in [0.3, 0.4) is 0 Å². The van der Waals surface area contributed by atoms with Crippen molar-refractivity contribution in [1.29, 1.82) is 0 Å². The van der Waals surface area contributed by atoms with Crippen LogP contribution in [0.5, 0.6) is 0 Å². The third-order valence-corrected chi connectivity index (χ3v) is 3.70. The molecule has 9 heteroatoms. The molecule has 0 radical (unpaired) electrons. The van der Waals surface area contributed by atoms with Gasteiger partial charge >= 0.3 is 6.18 Å². The highest BCUT2D eigenvalue weighted by Gasteiger charge is 2.38. The van der Waals surface area contributed by atoms with E-state index in [0.29, 0.717) is 45.1 Å². The predicted octanol–water partition coefficient (Wildman–Crippen LogP) is 1.68. The summed E-state index contributed by atoms with van der Waals surface area (Å²) in [5.74, 6) is -0.448. The molecule has 6 nitrogen and oxygen atoms in total. The smallest absolute Gasteiger partial charge is 0.352 e. The molecule has 1 saturated heterocycles. The number of aromatic nitrogens is 2. The van der Waals surface area contributed by atoms with Crippen LogP contribution in [-0.2, 0) is 6.18 Å². The molecule has 0 spiro atoms. The lowest BCUT2D eigenvalue weighted by atomic mass is 10.1. The van der Waals surface area contributed by atoms with Crippen molar-refractivity contribution in [3.05, 3.63) is 17.5 Å². The number of amides is 1. The van der Waals surface area contributed by atoms with Gasteiger partial charge in [-0.3, -0.25) is 4.79 Å². The summed E-state index contributed by atoms with van der Waals surface area (Å²) >= 11 is 0. The van der Waals surface area contributed by atoms with E-state index < -0.39 is 23.3 Å². The van der Waals surface area contributed by atoms with Crippen LogP contribution in [0.1, 0.15) is 36.3 Å². The van der Waals surface area contributed by atoms with E-state index in [1.165, 1.54) is 0 Å². The number of hydrogen-bond donors (Lipinski definition) is 2. The van der Waals surface area contributed by atoms with E-state index in [1.807, 2.05) is 13.8 Å². The molecule has 0 bridgehead atoms. The molecule has 2 heterocycles. The average Bonchev–Trinajstić information content (AvgIpc) is 2.54. The number of alkyl halides is 3. The molecule has 2 N–H and O–H groups in total. The quantitative estimate of drug-likeness (QED) is 0.850. The number of halogens is 3. The number of hydrogen-bond acceptors (Lipinski definition) is 5.